The van der Waals surface area contributed by atoms with Crippen molar-refractivity contribution in [1.82, 2.24) is 14.8 Å². The van der Waals surface area contributed by atoms with Crippen molar-refractivity contribution in [2.24, 2.45) is 0 Å². The third-order valence-corrected chi connectivity index (χ3v) is 3.06. The van der Waals surface area contributed by atoms with Gasteiger partial charge in [-0.25, -0.2) is 4.39 Å². The quantitative estimate of drug-likeness (QED) is 0.794. The van der Waals surface area contributed by atoms with Crippen LogP contribution in [0.2, 0.25) is 0 Å². The molecular weight excluding hydrogens is 253 g/mol. The summed E-state index contributed by atoms with van der Waals surface area (Å²) in [4.78, 5) is 0. The highest BCUT2D eigenvalue weighted by atomic mass is 35.5. The molecule has 3 nitrogen and oxygen atoms in total. The Morgan fingerprint density at radius 2 is 2.06 bits per heavy atom. The number of aryl methyl sites for hydroxylation is 1. The summed E-state index contributed by atoms with van der Waals surface area (Å²) in [5.74, 6) is 1.55. The van der Waals surface area contributed by atoms with Gasteiger partial charge in [-0.1, -0.05) is 0 Å². The molecule has 0 saturated carbocycles. The van der Waals surface area contributed by atoms with Gasteiger partial charge in [0.25, 0.3) is 0 Å². The molecule has 0 radical (unpaired) electrons. The number of rotatable bonds is 3. The van der Waals surface area contributed by atoms with Crippen molar-refractivity contribution in [2.45, 2.75) is 32.7 Å². The largest absolute Gasteiger partial charge is 0.307 e. The zero-order valence-corrected chi connectivity index (χ0v) is 11.4. The van der Waals surface area contributed by atoms with Gasteiger partial charge in [-0.15, -0.1) is 21.8 Å². The number of benzene rings is 1. The molecule has 5 heteroatoms. The number of alkyl halides is 1. The monoisotopic (exact) mass is 267 g/mol. The van der Waals surface area contributed by atoms with Gasteiger partial charge in [-0.2, -0.15) is 0 Å². The van der Waals surface area contributed by atoms with E-state index < -0.39 is 0 Å². The predicted octanol–water partition coefficient (Wildman–Crippen LogP) is 3.71. The van der Waals surface area contributed by atoms with E-state index in [-0.39, 0.29) is 11.9 Å². The van der Waals surface area contributed by atoms with Crippen molar-refractivity contribution in [2.75, 3.05) is 0 Å². The van der Waals surface area contributed by atoms with Crippen molar-refractivity contribution in [3.63, 3.8) is 0 Å². The molecule has 2 aromatic rings. The van der Waals surface area contributed by atoms with E-state index in [1.54, 1.807) is 19.1 Å². The van der Waals surface area contributed by atoms with Crippen molar-refractivity contribution in [3.05, 3.63) is 35.4 Å². The van der Waals surface area contributed by atoms with E-state index in [0.29, 0.717) is 11.4 Å². The molecule has 0 bridgehead atoms. The highest BCUT2D eigenvalue weighted by molar-refractivity contribution is 6.16. The van der Waals surface area contributed by atoms with Crippen molar-refractivity contribution >= 4 is 11.6 Å². The Morgan fingerprint density at radius 3 is 2.61 bits per heavy atom. The molecule has 1 aromatic carbocycles. The van der Waals surface area contributed by atoms with Crippen molar-refractivity contribution < 1.29 is 4.39 Å². The highest BCUT2D eigenvalue weighted by Crippen LogP contribution is 2.24. The molecule has 1 aromatic heterocycles. The fourth-order valence-electron chi connectivity index (χ4n) is 1.94. The maximum atomic E-state index is 13.3. The van der Waals surface area contributed by atoms with Crippen LogP contribution in [0.4, 0.5) is 4.39 Å². The standard InChI is InChI=1S/C13H15ClFN3/c1-8(2)18-12(7-14)16-17-13(18)10-4-5-11(15)9(3)6-10/h4-6,8H,7H2,1-3H3. The second-order valence-corrected chi connectivity index (χ2v) is 4.77. The first-order chi connectivity index (χ1) is 8.54. The molecule has 0 unspecified atom stereocenters. The topological polar surface area (TPSA) is 30.7 Å². The summed E-state index contributed by atoms with van der Waals surface area (Å²) in [6.45, 7) is 5.82. The maximum absolute atomic E-state index is 13.3. The molecule has 18 heavy (non-hydrogen) atoms. The molecule has 0 aliphatic carbocycles. The van der Waals surface area contributed by atoms with Gasteiger partial charge < -0.3 is 4.57 Å². The number of nitrogens with zero attached hydrogens (tertiary/aromatic N) is 3. The Hall–Kier alpha value is -1.42. The fourth-order valence-corrected chi connectivity index (χ4v) is 2.12. The van der Waals surface area contributed by atoms with Crippen LogP contribution in [-0.4, -0.2) is 14.8 Å². The minimum absolute atomic E-state index is 0.203. The molecule has 0 atom stereocenters. The van der Waals surface area contributed by atoms with Gasteiger partial charge in [0, 0.05) is 11.6 Å². The molecule has 2 rings (SSSR count). The highest BCUT2D eigenvalue weighted by Gasteiger charge is 2.16. The van der Waals surface area contributed by atoms with Crippen LogP contribution in [0.1, 0.15) is 31.3 Å². The van der Waals surface area contributed by atoms with Crippen LogP contribution in [-0.2, 0) is 5.88 Å². The molecule has 0 aliphatic heterocycles. The summed E-state index contributed by atoms with van der Waals surface area (Å²) in [6.07, 6.45) is 0. The van der Waals surface area contributed by atoms with E-state index in [9.17, 15) is 4.39 Å². The van der Waals surface area contributed by atoms with Crippen LogP contribution in [0.25, 0.3) is 11.4 Å². The summed E-state index contributed by atoms with van der Waals surface area (Å²) in [5.41, 5.74) is 1.45. The van der Waals surface area contributed by atoms with Crippen LogP contribution in [0.5, 0.6) is 0 Å². The number of halogens is 2. The first-order valence-corrected chi connectivity index (χ1v) is 6.34. The molecule has 0 saturated heterocycles. The van der Waals surface area contributed by atoms with E-state index in [2.05, 4.69) is 10.2 Å². The van der Waals surface area contributed by atoms with Crippen LogP contribution in [0, 0.1) is 12.7 Å². The second-order valence-electron chi connectivity index (χ2n) is 4.50. The molecule has 0 spiro atoms. The fraction of sp³-hybridized carbons (Fsp3) is 0.385. The van der Waals surface area contributed by atoms with Crippen LogP contribution in [0.3, 0.4) is 0 Å². The van der Waals surface area contributed by atoms with E-state index in [4.69, 9.17) is 11.6 Å². The predicted molar refractivity (Wildman–Crippen MR) is 70.1 cm³/mol. The van der Waals surface area contributed by atoms with Gasteiger partial charge >= 0.3 is 0 Å². The van der Waals surface area contributed by atoms with E-state index in [1.807, 2.05) is 18.4 Å². The van der Waals surface area contributed by atoms with Crippen LogP contribution in [0.15, 0.2) is 18.2 Å². The first-order valence-electron chi connectivity index (χ1n) is 5.81. The lowest BCUT2D eigenvalue weighted by Gasteiger charge is -2.13. The Labute approximate surface area is 111 Å². The normalized spacial score (nSPS) is 11.2. The van der Waals surface area contributed by atoms with Gasteiger partial charge in [0.2, 0.25) is 0 Å². The van der Waals surface area contributed by atoms with Gasteiger partial charge in [-0.05, 0) is 44.5 Å². The summed E-state index contributed by atoms with van der Waals surface area (Å²) < 4.78 is 15.3. The van der Waals surface area contributed by atoms with Crippen LogP contribution >= 0.6 is 11.6 Å². The third kappa shape index (κ3) is 2.25. The van der Waals surface area contributed by atoms with Crippen molar-refractivity contribution in [1.29, 1.82) is 0 Å². The Balaban J connectivity index is 2.56. The first kappa shape index (κ1) is 13.0. The molecule has 0 N–H and O–H groups in total. The van der Waals surface area contributed by atoms with Crippen molar-refractivity contribution in [3.8, 4) is 11.4 Å². The summed E-state index contributed by atoms with van der Waals surface area (Å²) in [6, 6.07) is 5.14. The zero-order chi connectivity index (χ0) is 13.3. The van der Waals surface area contributed by atoms with E-state index in [0.717, 1.165) is 17.2 Å². The van der Waals surface area contributed by atoms with E-state index in [1.165, 1.54) is 6.07 Å². The summed E-state index contributed by atoms with van der Waals surface area (Å²) in [7, 11) is 0. The average Bonchev–Trinajstić information content (AvgIpc) is 2.76. The third-order valence-electron chi connectivity index (χ3n) is 2.82. The SMILES string of the molecule is Cc1cc(-c2nnc(CCl)n2C(C)C)ccc1F. The Bertz CT molecular complexity index is 563. The van der Waals surface area contributed by atoms with Gasteiger partial charge in [0.1, 0.15) is 11.6 Å². The second kappa shape index (κ2) is 5.06. The lowest BCUT2D eigenvalue weighted by molar-refractivity contribution is 0.584. The maximum Gasteiger partial charge on any atom is 0.164 e. The summed E-state index contributed by atoms with van der Waals surface area (Å²) in [5, 5.41) is 8.23. The molecule has 1 heterocycles. The van der Waals surface area contributed by atoms with Gasteiger partial charge in [0.05, 0.1) is 5.88 Å². The molecule has 0 fully saturated rings. The molecule has 0 amide bonds. The molecule has 96 valence electrons. The lowest BCUT2D eigenvalue weighted by Crippen LogP contribution is -2.07. The average molecular weight is 268 g/mol. The minimum atomic E-state index is -0.216. The number of hydrogen-bond donors (Lipinski definition) is 0. The Morgan fingerprint density at radius 1 is 1.33 bits per heavy atom. The Kier molecular flexibility index (Phi) is 3.66. The van der Waals surface area contributed by atoms with E-state index >= 15 is 0 Å². The molecular formula is C13H15ClFN3. The number of aromatic nitrogens is 3. The zero-order valence-electron chi connectivity index (χ0n) is 10.6. The summed E-state index contributed by atoms with van der Waals surface area (Å²) >= 11 is 5.85. The smallest absolute Gasteiger partial charge is 0.164 e. The lowest BCUT2D eigenvalue weighted by atomic mass is 10.1. The molecule has 0 aliphatic rings. The number of hydrogen-bond acceptors (Lipinski definition) is 2. The minimum Gasteiger partial charge on any atom is -0.307 e. The van der Waals surface area contributed by atoms with Gasteiger partial charge in [-0.3, -0.25) is 0 Å². The van der Waals surface area contributed by atoms with Gasteiger partial charge in [0.15, 0.2) is 5.82 Å². The van der Waals surface area contributed by atoms with Crippen LogP contribution < -0.4 is 0 Å².